The summed E-state index contributed by atoms with van der Waals surface area (Å²) in [6.07, 6.45) is -5.38. The molecule has 0 saturated heterocycles. The lowest BCUT2D eigenvalue weighted by Gasteiger charge is -2.02. The van der Waals surface area contributed by atoms with E-state index in [1.54, 1.807) is 6.92 Å². The molecule has 0 atom stereocenters. The summed E-state index contributed by atoms with van der Waals surface area (Å²) in [5.41, 5.74) is 5.45. The minimum absolute atomic E-state index is 0.00565. The van der Waals surface area contributed by atoms with E-state index in [1.165, 1.54) is 0 Å². The topological polar surface area (TPSA) is 52.3 Å². The van der Waals surface area contributed by atoms with Gasteiger partial charge < -0.3 is 10.5 Å². The number of carbonyl (C=O) groups is 1. The summed E-state index contributed by atoms with van der Waals surface area (Å²) in [6, 6.07) is 1.13. The van der Waals surface area contributed by atoms with E-state index in [0.29, 0.717) is 0 Å². The van der Waals surface area contributed by atoms with E-state index in [4.69, 9.17) is 5.73 Å². The van der Waals surface area contributed by atoms with Crippen LogP contribution in [0.25, 0.3) is 0 Å². The zero-order chi connectivity index (χ0) is 12.3. The molecule has 1 heterocycles. The molecule has 0 saturated carbocycles. The molecule has 0 bridgehead atoms. The third-order valence-electron chi connectivity index (χ3n) is 1.68. The predicted octanol–water partition coefficient (Wildman–Crippen LogP) is 2.61. The fourth-order valence-corrected chi connectivity index (χ4v) is 2.06. The molecule has 1 rings (SSSR count). The van der Waals surface area contributed by atoms with Gasteiger partial charge in [0.15, 0.2) is 0 Å². The van der Waals surface area contributed by atoms with Gasteiger partial charge in [-0.3, -0.25) is 0 Å². The number of alkyl halides is 3. The van der Waals surface area contributed by atoms with Crippen LogP contribution in [-0.4, -0.2) is 18.8 Å². The van der Waals surface area contributed by atoms with Crippen molar-refractivity contribution in [2.75, 3.05) is 12.3 Å². The van der Waals surface area contributed by atoms with Gasteiger partial charge in [0.05, 0.1) is 18.6 Å². The highest BCUT2D eigenvalue weighted by molar-refractivity contribution is 7.16. The average Bonchev–Trinajstić information content (AvgIpc) is 2.44. The third-order valence-corrected chi connectivity index (χ3v) is 2.65. The van der Waals surface area contributed by atoms with Crippen molar-refractivity contribution < 1.29 is 22.7 Å². The highest BCUT2D eigenvalue weighted by Crippen LogP contribution is 2.31. The molecule has 0 aliphatic rings. The van der Waals surface area contributed by atoms with Crippen LogP contribution >= 0.6 is 11.3 Å². The van der Waals surface area contributed by atoms with Crippen LogP contribution < -0.4 is 5.73 Å². The van der Waals surface area contributed by atoms with Gasteiger partial charge in [0.25, 0.3) is 0 Å². The third kappa shape index (κ3) is 3.41. The van der Waals surface area contributed by atoms with Gasteiger partial charge in [-0.05, 0) is 13.0 Å². The molecule has 1 aromatic rings. The Morgan fingerprint density at radius 3 is 2.69 bits per heavy atom. The first kappa shape index (κ1) is 12.8. The number of halogens is 3. The molecule has 3 nitrogen and oxygen atoms in total. The van der Waals surface area contributed by atoms with Crippen LogP contribution in [0.15, 0.2) is 6.07 Å². The summed E-state index contributed by atoms with van der Waals surface area (Å²) in [4.78, 5) is 11.3. The van der Waals surface area contributed by atoms with E-state index in [2.05, 4.69) is 4.74 Å². The number of hydrogen-bond acceptors (Lipinski definition) is 4. The molecule has 7 heteroatoms. The van der Waals surface area contributed by atoms with Gasteiger partial charge in [0.1, 0.15) is 5.00 Å². The van der Waals surface area contributed by atoms with E-state index >= 15 is 0 Å². The zero-order valence-corrected chi connectivity index (χ0v) is 9.24. The zero-order valence-electron chi connectivity index (χ0n) is 8.43. The van der Waals surface area contributed by atoms with Gasteiger partial charge in [0.2, 0.25) is 0 Å². The summed E-state index contributed by atoms with van der Waals surface area (Å²) in [7, 11) is 0. The Labute approximate surface area is 94.0 Å². The molecular formula is C9H10F3NO2S. The van der Waals surface area contributed by atoms with Crippen molar-refractivity contribution in [3.8, 4) is 0 Å². The van der Waals surface area contributed by atoms with Crippen LogP contribution in [0.5, 0.6) is 0 Å². The molecule has 0 unspecified atom stereocenters. The lowest BCUT2D eigenvalue weighted by atomic mass is 10.2. The maximum Gasteiger partial charge on any atom is 0.393 e. The Morgan fingerprint density at radius 2 is 2.19 bits per heavy atom. The van der Waals surface area contributed by atoms with Crippen LogP contribution in [0.3, 0.4) is 0 Å². The Balaban J connectivity index is 2.86. The smallest absolute Gasteiger partial charge is 0.393 e. The molecule has 16 heavy (non-hydrogen) atoms. The highest BCUT2D eigenvalue weighted by Gasteiger charge is 2.29. The SMILES string of the molecule is CCOC(=O)c1cc(CC(F)(F)F)sc1N. The maximum atomic E-state index is 12.1. The summed E-state index contributed by atoms with van der Waals surface area (Å²) in [5, 5.41) is 0.0534. The predicted molar refractivity (Wildman–Crippen MR) is 54.4 cm³/mol. The molecule has 0 aliphatic carbocycles. The van der Waals surface area contributed by atoms with Crippen molar-refractivity contribution in [2.24, 2.45) is 0 Å². The van der Waals surface area contributed by atoms with Gasteiger partial charge in [-0.1, -0.05) is 0 Å². The minimum atomic E-state index is -4.30. The maximum absolute atomic E-state index is 12.1. The van der Waals surface area contributed by atoms with Gasteiger partial charge >= 0.3 is 12.1 Å². The molecule has 1 aromatic heterocycles. The molecule has 90 valence electrons. The van der Waals surface area contributed by atoms with Crippen LogP contribution in [0.2, 0.25) is 0 Å². The lowest BCUT2D eigenvalue weighted by molar-refractivity contribution is -0.126. The number of nitrogens with two attached hydrogens (primary N) is 1. The normalized spacial score (nSPS) is 11.5. The quantitative estimate of drug-likeness (QED) is 0.842. The monoisotopic (exact) mass is 253 g/mol. The molecule has 0 amide bonds. The van der Waals surface area contributed by atoms with Gasteiger partial charge in [-0.2, -0.15) is 13.2 Å². The minimum Gasteiger partial charge on any atom is -0.462 e. The number of nitrogen functional groups attached to an aromatic ring is 1. The number of hydrogen-bond donors (Lipinski definition) is 1. The van der Waals surface area contributed by atoms with Gasteiger partial charge in [-0.25, -0.2) is 4.79 Å². The fraction of sp³-hybridized carbons (Fsp3) is 0.444. The molecule has 0 fully saturated rings. The number of ether oxygens (including phenoxy) is 1. The summed E-state index contributed by atoms with van der Waals surface area (Å²) < 4.78 is 40.9. The van der Waals surface area contributed by atoms with E-state index < -0.39 is 18.6 Å². The summed E-state index contributed by atoms with van der Waals surface area (Å²) in [5.74, 6) is -0.690. The van der Waals surface area contributed by atoms with E-state index in [9.17, 15) is 18.0 Å². The number of thiophene rings is 1. The number of carbonyl (C=O) groups excluding carboxylic acids is 1. The van der Waals surface area contributed by atoms with Crippen molar-refractivity contribution in [1.29, 1.82) is 0 Å². The Bertz CT molecular complexity index is 387. The molecular weight excluding hydrogens is 243 g/mol. The van der Waals surface area contributed by atoms with Crippen molar-refractivity contribution in [3.63, 3.8) is 0 Å². The number of rotatable bonds is 3. The molecule has 2 N–H and O–H groups in total. The average molecular weight is 253 g/mol. The Hall–Kier alpha value is -1.24. The number of anilines is 1. The summed E-state index contributed by atoms with van der Waals surface area (Å²) >= 11 is 0.752. The second-order valence-electron chi connectivity index (χ2n) is 3.00. The van der Waals surface area contributed by atoms with Crippen molar-refractivity contribution in [1.82, 2.24) is 0 Å². The van der Waals surface area contributed by atoms with Crippen molar-refractivity contribution >= 4 is 22.3 Å². The van der Waals surface area contributed by atoms with Gasteiger partial charge in [0, 0.05) is 4.88 Å². The van der Waals surface area contributed by atoms with Crippen LogP contribution in [-0.2, 0) is 11.2 Å². The van der Waals surface area contributed by atoms with E-state index in [1.807, 2.05) is 0 Å². The summed E-state index contributed by atoms with van der Waals surface area (Å²) in [6.45, 7) is 1.76. The fourth-order valence-electron chi connectivity index (χ4n) is 1.11. The number of esters is 1. The molecule has 0 aliphatic heterocycles. The second-order valence-corrected chi connectivity index (χ2v) is 4.17. The van der Waals surface area contributed by atoms with E-state index in [0.717, 1.165) is 17.4 Å². The first-order chi connectivity index (χ1) is 7.33. The Kier molecular flexibility index (Phi) is 3.79. The second kappa shape index (κ2) is 4.73. The lowest BCUT2D eigenvalue weighted by Crippen LogP contribution is -2.10. The first-order valence-corrected chi connectivity index (χ1v) is 5.27. The standard InChI is InChI=1S/C9H10F3NO2S/c1-2-15-8(14)6-3-5(16-7(6)13)4-9(10,11)12/h3H,2,4,13H2,1H3. The van der Waals surface area contributed by atoms with Crippen molar-refractivity contribution in [3.05, 3.63) is 16.5 Å². The van der Waals surface area contributed by atoms with Crippen LogP contribution in [0, 0.1) is 0 Å². The van der Waals surface area contributed by atoms with Gasteiger partial charge in [-0.15, -0.1) is 11.3 Å². The molecule has 0 aromatic carbocycles. The van der Waals surface area contributed by atoms with Crippen molar-refractivity contribution in [2.45, 2.75) is 19.5 Å². The molecule has 0 radical (unpaired) electrons. The van der Waals surface area contributed by atoms with Crippen LogP contribution in [0.1, 0.15) is 22.2 Å². The van der Waals surface area contributed by atoms with Crippen LogP contribution in [0.4, 0.5) is 18.2 Å². The Morgan fingerprint density at radius 1 is 1.56 bits per heavy atom. The largest absolute Gasteiger partial charge is 0.462 e. The highest BCUT2D eigenvalue weighted by atomic mass is 32.1. The first-order valence-electron chi connectivity index (χ1n) is 4.45. The molecule has 0 spiro atoms. The van der Waals surface area contributed by atoms with E-state index in [-0.39, 0.29) is 22.0 Å².